The molecule has 1 aromatic heterocycles. The van der Waals surface area contributed by atoms with Crippen molar-refractivity contribution in [3.05, 3.63) is 65.6 Å². The Morgan fingerprint density at radius 3 is 2.78 bits per heavy atom. The second-order valence-corrected chi connectivity index (χ2v) is 11.3. The van der Waals surface area contributed by atoms with Crippen molar-refractivity contribution in [2.75, 3.05) is 24.4 Å². The summed E-state index contributed by atoms with van der Waals surface area (Å²) < 4.78 is 43.3. The van der Waals surface area contributed by atoms with E-state index >= 15 is 0 Å². The SMILES string of the molecule is Cc1ccc2[nH]cc(CN3CC[C@@]4(C[C@@H]3C)CN(C)S(=O)(=O)N4c3cccc(F)c3)c2c1. The number of likely N-dealkylation sites (tertiary alicyclic amines) is 1. The van der Waals surface area contributed by atoms with Gasteiger partial charge in [-0.05, 0) is 62.6 Å². The fourth-order valence-electron chi connectivity index (χ4n) is 5.51. The zero-order valence-electron chi connectivity index (χ0n) is 18.7. The van der Waals surface area contributed by atoms with Gasteiger partial charge in [0.05, 0.1) is 11.2 Å². The van der Waals surface area contributed by atoms with Gasteiger partial charge in [-0.1, -0.05) is 17.7 Å². The first-order valence-corrected chi connectivity index (χ1v) is 12.4. The molecule has 2 aromatic carbocycles. The summed E-state index contributed by atoms with van der Waals surface area (Å²) in [5.41, 5.74) is 3.45. The van der Waals surface area contributed by atoms with E-state index in [-0.39, 0.29) is 6.04 Å². The third-order valence-corrected chi connectivity index (χ3v) is 9.05. The van der Waals surface area contributed by atoms with Gasteiger partial charge < -0.3 is 4.98 Å². The van der Waals surface area contributed by atoms with Crippen LogP contribution < -0.4 is 4.31 Å². The van der Waals surface area contributed by atoms with Gasteiger partial charge in [-0.25, -0.2) is 4.39 Å². The molecule has 2 fully saturated rings. The van der Waals surface area contributed by atoms with Gasteiger partial charge in [0.1, 0.15) is 5.82 Å². The van der Waals surface area contributed by atoms with Gasteiger partial charge in [-0.15, -0.1) is 0 Å². The van der Waals surface area contributed by atoms with E-state index in [1.165, 1.54) is 37.3 Å². The summed E-state index contributed by atoms with van der Waals surface area (Å²) in [6.45, 7) is 6.26. The van der Waals surface area contributed by atoms with E-state index in [4.69, 9.17) is 0 Å². The first kappa shape index (κ1) is 21.4. The third-order valence-electron chi connectivity index (χ3n) is 7.07. The van der Waals surface area contributed by atoms with Crippen LogP contribution in [-0.4, -0.2) is 54.3 Å². The number of piperidine rings is 1. The van der Waals surface area contributed by atoms with Gasteiger partial charge in [0.2, 0.25) is 0 Å². The zero-order valence-corrected chi connectivity index (χ0v) is 19.5. The fraction of sp³-hybridized carbons (Fsp3) is 0.417. The molecule has 32 heavy (non-hydrogen) atoms. The predicted octanol–water partition coefficient (Wildman–Crippen LogP) is 4.04. The number of anilines is 1. The quantitative estimate of drug-likeness (QED) is 0.647. The minimum absolute atomic E-state index is 0.177. The van der Waals surface area contributed by atoms with Crippen LogP contribution in [0.3, 0.4) is 0 Å². The molecule has 0 amide bonds. The molecule has 5 rings (SSSR count). The number of H-pyrrole nitrogens is 1. The number of halogens is 1. The number of aromatic amines is 1. The summed E-state index contributed by atoms with van der Waals surface area (Å²) >= 11 is 0. The number of nitrogens with zero attached hydrogens (tertiary/aromatic N) is 3. The van der Waals surface area contributed by atoms with Gasteiger partial charge in [0, 0.05) is 49.8 Å². The number of aryl methyl sites for hydroxylation is 1. The summed E-state index contributed by atoms with van der Waals surface area (Å²) in [7, 11) is -2.08. The van der Waals surface area contributed by atoms with E-state index in [1.807, 2.05) is 0 Å². The molecule has 1 spiro atoms. The molecule has 2 saturated heterocycles. The Bertz CT molecular complexity index is 1270. The number of hydrogen-bond acceptors (Lipinski definition) is 3. The van der Waals surface area contributed by atoms with E-state index in [0.29, 0.717) is 25.1 Å². The van der Waals surface area contributed by atoms with Crippen molar-refractivity contribution in [3.8, 4) is 0 Å². The molecular formula is C24H29FN4O2S. The Labute approximate surface area is 188 Å². The number of nitrogens with one attached hydrogen (secondary N) is 1. The molecule has 170 valence electrons. The molecule has 1 N–H and O–H groups in total. The van der Waals surface area contributed by atoms with Gasteiger partial charge in [0.25, 0.3) is 0 Å². The summed E-state index contributed by atoms with van der Waals surface area (Å²) in [6.07, 6.45) is 3.46. The van der Waals surface area contributed by atoms with Crippen molar-refractivity contribution < 1.29 is 12.8 Å². The summed E-state index contributed by atoms with van der Waals surface area (Å²) in [4.78, 5) is 5.78. The number of rotatable bonds is 3. The molecule has 6 nitrogen and oxygen atoms in total. The molecule has 8 heteroatoms. The molecule has 0 aliphatic carbocycles. The Kier molecular flexibility index (Phi) is 5.07. The number of hydrogen-bond donors (Lipinski definition) is 1. The molecule has 0 unspecified atom stereocenters. The Morgan fingerprint density at radius 2 is 2.03 bits per heavy atom. The lowest BCUT2D eigenvalue weighted by Crippen LogP contribution is -2.57. The molecule has 3 aromatic rings. The molecular weight excluding hydrogens is 427 g/mol. The van der Waals surface area contributed by atoms with Gasteiger partial charge >= 0.3 is 10.2 Å². The Morgan fingerprint density at radius 1 is 1.22 bits per heavy atom. The predicted molar refractivity (Wildman–Crippen MR) is 125 cm³/mol. The molecule has 2 aliphatic rings. The van der Waals surface area contributed by atoms with Crippen molar-refractivity contribution in [2.45, 2.75) is 44.8 Å². The maximum absolute atomic E-state index is 14.0. The van der Waals surface area contributed by atoms with E-state index in [9.17, 15) is 12.8 Å². The van der Waals surface area contributed by atoms with Crippen molar-refractivity contribution in [1.82, 2.24) is 14.2 Å². The van der Waals surface area contributed by atoms with Crippen LogP contribution in [0.5, 0.6) is 0 Å². The van der Waals surface area contributed by atoms with Crippen LogP contribution in [0, 0.1) is 12.7 Å². The monoisotopic (exact) mass is 456 g/mol. The van der Waals surface area contributed by atoms with Crippen LogP contribution >= 0.6 is 0 Å². The summed E-state index contributed by atoms with van der Waals surface area (Å²) in [5, 5.41) is 1.24. The minimum atomic E-state index is -3.69. The van der Waals surface area contributed by atoms with Crippen LogP contribution in [0.1, 0.15) is 30.9 Å². The van der Waals surface area contributed by atoms with E-state index in [1.54, 1.807) is 19.2 Å². The molecule has 0 radical (unpaired) electrons. The molecule has 0 saturated carbocycles. The summed E-state index contributed by atoms with van der Waals surface area (Å²) in [6, 6.07) is 12.5. The zero-order chi connectivity index (χ0) is 22.7. The van der Waals surface area contributed by atoms with E-state index < -0.39 is 21.6 Å². The molecule has 0 bridgehead atoms. The fourth-order valence-corrected chi connectivity index (χ4v) is 7.29. The average molecular weight is 457 g/mol. The first-order chi connectivity index (χ1) is 15.2. The second-order valence-electron chi connectivity index (χ2n) is 9.37. The van der Waals surface area contributed by atoms with Crippen LogP contribution in [0.2, 0.25) is 0 Å². The highest BCUT2D eigenvalue weighted by Gasteiger charge is 2.55. The van der Waals surface area contributed by atoms with E-state index in [2.05, 4.69) is 48.1 Å². The highest BCUT2D eigenvalue weighted by molar-refractivity contribution is 7.90. The maximum atomic E-state index is 14.0. The van der Waals surface area contributed by atoms with Gasteiger partial charge in [-0.2, -0.15) is 12.7 Å². The lowest BCUT2D eigenvalue weighted by molar-refractivity contribution is 0.101. The average Bonchev–Trinajstić information content (AvgIpc) is 3.19. The molecule has 3 heterocycles. The first-order valence-electron chi connectivity index (χ1n) is 11.0. The standard InChI is InChI=1S/C24H29FN4O2S/c1-17-7-8-23-22(11-17)19(14-26-23)15-28-10-9-24(13-18(28)2)16-27(3)32(30,31)29(24)21-6-4-5-20(25)12-21/h4-8,11-12,14,18,26H,9-10,13,15-16H2,1-3H3/t18-,24+/m0/s1. The number of aromatic nitrogens is 1. The Hall–Kier alpha value is -2.42. The van der Waals surface area contributed by atoms with Crippen molar-refractivity contribution in [2.24, 2.45) is 0 Å². The minimum Gasteiger partial charge on any atom is -0.361 e. The lowest BCUT2D eigenvalue weighted by atomic mass is 9.82. The Balaban J connectivity index is 1.43. The summed E-state index contributed by atoms with van der Waals surface area (Å²) in [5.74, 6) is -0.428. The van der Waals surface area contributed by atoms with Crippen molar-refractivity contribution in [3.63, 3.8) is 0 Å². The van der Waals surface area contributed by atoms with Crippen LogP contribution in [0.25, 0.3) is 10.9 Å². The van der Waals surface area contributed by atoms with Crippen LogP contribution in [-0.2, 0) is 16.8 Å². The largest absolute Gasteiger partial charge is 0.361 e. The van der Waals surface area contributed by atoms with Gasteiger partial charge in [-0.3, -0.25) is 9.21 Å². The topological polar surface area (TPSA) is 59.7 Å². The van der Waals surface area contributed by atoms with Crippen LogP contribution in [0.15, 0.2) is 48.7 Å². The number of likely N-dealkylation sites (N-methyl/N-ethyl adjacent to an activating group) is 1. The van der Waals surface area contributed by atoms with Crippen molar-refractivity contribution in [1.29, 1.82) is 0 Å². The molecule has 2 atom stereocenters. The number of benzene rings is 2. The highest BCUT2D eigenvalue weighted by Crippen LogP contribution is 2.44. The lowest BCUT2D eigenvalue weighted by Gasteiger charge is -2.47. The smallest absolute Gasteiger partial charge is 0.304 e. The highest BCUT2D eigenvalue weighted by atomic mass is 32.2. The van der Waals surface area contributed by atoms with Crippen LogP contribution in [0.4, 0.5) is 10.1 Å². The number of fused-ring (bicyclic) bond motifs is 1. The second kappa shape index (κ2) is 7.57. The molecule has 2 aliphatic heterocycles. The van der Waals surface area contributed by atoms with E-state index in [0.717, 1.165) is 18.6 Å². The maximum Gasteiger partial charge on any atom is 0.304 e. The normalized spacial score (nSPS) is 26.4. The third kappa shape index (κ3) is 3.41. The van der Waals surface area contributed by atoms with Gasteiger partial charge in [0.15, 0.2) is 0 Å². The van der Waals surface area contributed by atoms with Crippen molar-refractivity contribution >= 4 is 26.8 Å².